The molecule has 0 aliphatic carbocycles. The molecule has 6 heteroatoms. The maximum atomic E-state index is 11.5. The fourth-order valence-corrected chi connectivity index (χ4v) is 1.77. The van der Waals surface area contributed by atoms with Gasteiger partial charge in [-0.05, 0) is 6.07 Å². The maximum absolute atomic E-state index is 11.5. The van der Waals surface area contributed by atoms with Crippen LogP contribution in [-0.2, 0) is 4.74 Å². The minimum atomic E-state index is -0.782. The summed E-state index contributed by atoms with van der Waals surface area (Å²) in [6.45, 7) is -0.287. The molecule has 2 rings (SSSR count). The summed E-state index contributed by atoms with van der Waals surface area (Å²) >= 11 is 0. The Morgan fingerprint density at radius 2 is 2.31 bits per heavy atom. The summed E-state index contributed by atoms with van der Waals surface area (Å²) in [5.41, 5.74) is -0.407. The Morgan fingerprint density at radius 3 is 2.88 bits per heavy atom. The van der Waals surface area contributed by atoms with Crippen LogP contribution >= 0.6 is 0 Å². The van der Waals surface area contributed by atoms with Gasteiger partial charge in [0, 0.05) is 18.7 Å². The van der Waals surface area contributed by atoms with Crippen LogP contribution in [0.1, 0.15) is 12.6 Å². The van der Waals surface area contributed by atoms with Gasteiger partial charge in [0.25, 0.3) is 5.56 Å². The molecule has 3 N–H and O–H groups in total. The lowest BCUT2D eigenvalue weighted by Crippen LogP contribution is -2.25. The van der Waals surface area contributed by atoms with E-state index < -0.39 is 24.0 Å². The Hall–Kier alpha value is -1.37. The van der Waals surface area contributed by atoms with Crippen molar-refractivity contribution >= 4 is 0 Å². The lowest BCUT2D eigenvalue weighted by Gasteiger charge is -2.14. The van der Waals surface area contributed by atoms with Crippen molar-refractivity contribution < 1.29 is 20.1 Å². The summed E-state index contributed by atoms with van der Waals surface area (Å²) in [4.78, 5) is 11.5. The lowest BCUT2D eigenvalue weighted by molar-refractivity contribution is -0.0455. The number of hydrogen-bond acceptors (Lipinski definition) is 5. The van der Waals surface area contributed by atoms with Gasteiger partial charge in [-0.15, -0.1) is 0 Å². The van der Waals surface area contributed by atoms with E-state index in [9.17, 15) is 9.90 Å². The van der Waals surface area contributed by atoms with Crippen LogP contribution in [0.4, 0.5) is 0 Å². The number of rotatable bonds is 2. The molecule has 0 amide bonds. The number of ether oxygens (including phenoxy) is 1. The fourth-order valence-electron chi connectivity index (χ4n) is 1.77. The van der Waals surface area contributed by atoms with Gasteiger partial charge in [-0.25, -0.2) is 0 Å². The highest BCUT2D eigenvalue weighted by atomic mass is 16.5. The first-order chi connectivity index (χ1) is 7.61. The number of aliphatic hydroxyl groups excluding tert-OH is 2. The third kappa shape index (κ3) is 1.95. The number of pyridine rings is 1. The third-order valence-electron chi connectivity index (χ3n) is 2.63. The second-order valence-electron chi connectivity index (χ2n) is 3.75. The number of aromatic hydroxyl groups is 1. The first-order valence-corrected chi connectivity index (χ1v) is 4.97. The van der Waals surface area contributed by atoms with Crippen molar-refractivity contribution in [1.82, 2.24) is 4.57 Å². The first kappa shape index (κ1) is 11.1. The molecule has 1 fully saturated rings. The maximum Gasteiger partial charge on any atom is 0.256 e. The lowest BCUT2D eigenvalue weighted by atomic mass is 10.2. The molecule has 88 valence electrons. The molecule has 16 heavy (non-hydrogen) atoms. The SMILES string of the molecule is O=c1cc(O)ccn1[C@@H]1C[C@H](O)[C@@H](CO)O1. The predicted molar refractivity (Wildman–Crippen MR) is 54.0 cm³/mol. The standard InChI is InChI=1S/C10H13NO5/c12-5-8-7(14)4-10(16-8)11-2-1-6(13)3-9(11)15/h1-3,7-8,10,12-14H,4-5H2/t7-,8+,10-/m0/s1. The fraction of sp³-hybridized carbons (Fsp3) is 0.500. The molecule has 1 aromatic rings. The average molecular weight is 227 g/mol. The number of aliphatic hydroxyl groups is 2. The Morgan fingerprint density at radius 1 is 1.56 bits per heavy atom. The van der Waals surface area contributed by atoms with Crippen LogP contribution in [0.3, 0.4) is 0 Å². The van der Waals surface area contributed by atoms with Gasteiger partial charge in [0.1, 0.15) is 18.1 Å². The van der Waals surface area contributed by atoms with Crippen LogP contribution in [0.25, 0.3) is 0 Å². The van der Waals surface area contributed by atoms with E-state index >= 15 is 0 Å². The van der Waals surface area contributed by atoms with Gasteiger partial charge in [0.05, 0.1) is 12.7 Å². The summed E-state index contributed by atoms with van der Waals surface area (Å²) in [5, 5.41) is 27.5. The van der Waals surface area contributed by atoms with Crippen molar-refractivity contribution in [2.45, 2.75) is 24.9 Å². The molecule has 0 spiro atoms. The van der Waals surface area contributed by atoms with Crippen LogP contribution in [0.15, 0.2) is 23.1 Å². The summed E-state index contributed by atoms with van der Waals surface area (Å²) in [7, 11) is 0. The Balaban J connectivity index is 2.23. The molecular weight excluding hydrogens is 214 g/mol. The van der Waals surface area contributed by atoms with Gasteiger partial charge >= 0.3 is 0 Å². The zero-order valence-corrected chi connectivity index (χ0v) is 8.48. The summed E-state index contributed by atoms with van der Waals surface area (Å²) in [5.74, 6) is -0.112. The zero-order valence-electron chi connectivity index (χ0n) is 8.48. The van der Waals surface area contributed by atoms with Crippen molar-refractivity contribution in [1.29, 1.82) is 0 Å². The van der Waals surface area contributed by atoms with Gasteiger partial charge in [0.2, 0.25) is 0 Å². The highest BCUT2D eigenvalue weighted by Crippen LogP contribution is 2.27. The van der Waals surface area contributed by atoms with Gasteiger partial charge in [-0.1, -0.05) is 0 Å². The van der Waals surface area contributed by atoms with Crippen LogP contribution in [0.2, 0.25) is 0 Å². The Bertz CT molecular complexity index is 429. The largest absolute Gasteiger partial charge is 0.508 e. The molecular formula is C10H13NO5. The molecule has 2 heterocycles. The van der Waals surface area contributed by atoms with E-state index in [-0.39, 0.29) is 18.8 Å². The number of nitrogens with zero attached hydrogens (tertiary/aromatic N) is 1. The van der Waals surface area contributed by atoms with E-state index in [1.54, 1.807) is 0 Å². The second kappa shape index (κ2) is 4.25. The molecule has 0 aromatic carbocycles. The molecule has 0 saturated carbocycles. The average Bonchev–Trinajstić information content (AvgIpc) is 2.59. The molecule has 0 radical (unpaired) electrons. The van der Waals surface area contributed by atoms with E-state index in [0.29, 0.717) is 0 Å². The molecule has 3 atom stereocenters. The zero-order chi connectivity index (χ0) is 11.7. The van der Waals surface area contributed by atoms with E-state index in [4.69, 9.17) is 14.9 Å². The van der Waals surface area contributed by atoms with E-state index in [1.165, 1.54) is 16.8 Å². The number of hydrogen-bond donors (Lipinski definition) is 3. The molecule has 1 saturated heterocycles. The third-order valence-corrected chi connectivity index (χ3v) is 2.63. The summed E-state index contributed by atoms with van der Waals surface area (Å²) < 4.78 is 6.59. The van der Waals surface area contributed by atoms with Crippen molar-refractivity contribution in [3.05, 3.63) is 28.7 Å². The van der Waals surface area contributed by atoms with Crippen LogP contribution in [-0.4, -0.2) is 38.7 Å². The van der Waals surface area contributed by atoms with Crippen molar-refractivity contribution in [2.75, 3.05) is 6.61 Å². The van der Waals surface area contributed by atoms with Gasteiger partial charge in [0.15, 0.2) is 0 Å². The smallest absolute Gasteiger partial charge is 0.256 e. The monoisotopic (exact) mass is 227 g/mol. The van der Waals surface area contributed by atoms with Crippen LogP contribution in [0.5, 0.6) is 5.75 Å². The minimum absolute atomic E-state index is 0.112. The van der Waals surface area contributed by atoms with Crippen molar-refractivity contribution in [3.8, 4) is 5.75 Å². The molecule has 1 aromatic heterocycles. The van der Waals surface area contributed by atoms with Crippen molar-refractivity contribution in [2.24, 2.45) is 0 Å². The van der Waals surface area contributed by atoms with E-state index in [1.807, 2.05) is 0 Å². The van der Waals surface area contributed by atoms with Gasteiger partial charge in [-0.2, -0.15) is 0 Å². The highest BCUT2D eigenvalue weighted by molar-refractivity contribution is 5.15. The Kier molecular flexibility index (Phi) is 2.95. The van der Waals surface area contributed by atoms with Gasteiger partial charge in [-0.3, -0.25) is 9.36 Å². The summed E-state index contributed by atoms with van der Waals surface area (Å²) in [6.07, 6.45) is -0.397. The van der Waals surface area contributed by atoms with Crippen LogP contribution in [0, 0.1) is 0 Å². The molecule has 0 unspecified atom stereocenters. The van der Waals surface area contributed by atoms with E-state index in [2.05, 4.69) is 0 Å². The quantitative estimate of drug-likeness (QED) is 0.615. The normalized spacial score (nSPS) is 29.5. The molecule has 0 bridgehead atoms. The van der Waals surface area contributed by atoms with Gasteiger partial charge < -0.3 is 20.1 Å². The minimum Gasteiger partial charge on any atom is -0.508 e. The second-order valence-corrected chi connectivity index (χ2v) is 3.75. The van der Waals surface area contributed by atoms with E-state index in [0.717, 1.165) is 6.07 Å². The van der Waals surface area contributed by atoms with Crippen molar-refractivity contribution in [3.63, 3.8) is 0 Å². The first-order valence-electron chi connectivity index (χ1n) is 4.97. The molecule has 1 aliphatic heterocycles. The Labute approximate surface area is 91.3 Å². The summed E-state index contributed by atoms with van der Waals surface area (Å²) in [6, 6.07) is 2.44. The van der Waals surface area contributed by atoms with Crippen LogP contribution < -0.4 is 5.56 Å². The predicted octanol–water partition coefficient (Wildman–Crippen LogP) is -0.805. The molecule has 6 nitrogen and oxygen atoms in total. The highest BCUT2D eigenvalue weighted by Gasteiger charge is 2.34. The molecule has 1 aliphatic rings. The number of aromatic nitrogens is 1. The topological polar surface area (TPSA) is 91.9 Å².